The van der Waals surface area contributed by atoms with Gasteiger partial charge in [0.05, 0.1) is 0 Å². The van der Waals surface area contributed by atoms with Gasteiger partial charge >= 0.3 is 0 Å². The van der Waals surface area contributed by atoms with Gasteiger partial charge in [-0.05, 0) is 39.3 Å². The van der Waals surface area contributed by atoms with E-state index in [4.69, 9.17) is 0 Å². The van der Waals surface area contributed by atoms with Crippen molar-refractivity contribution in [2.75, 3.05) is 7.05 Å². The van der Waals surface area contributed by atoms with Crippen molar-refractivity contribution in [2.24, 2.45) is 0 Å². The fourth-order valence-corrected chi connectivity index (χ4v) is 1.22. The first-order chi connectivity index (χ1) is 7.88. The van der Waals surface area contributed by atoms with Crippen molar-refractivity contribution in [1.29, 1.82) is 0 Å². The summed E-state index contributed by atoms with van der Waals surface area (Å²) in [5.74, 6) is -0.220. The number of hydrogen-bond acceptors (Lipinski definition) is 2. The van der Waals surface area contributed by atoms with Crippen LogP contribution in [0.1, 0.15) is 27.2 Å². The van der Waals surface area contributed by atoms with Crippen LogP contribution < -0.4 is 5.32 Å². The highest BCUT2D eigenvalue weighted by atomic mass is 16.2. The molecule has 1 unspecified atom stereocenters. The predicted octanol–water partition coefficient (Wildman–Crippen LogP) is 1.49. The standard InChI is InChI=1S/C13H22N2O2/c1-6-13(17)15(5)11(4)8-7-9-12(16)14-10(2)3/h6-7,9-11H,1,8H2,2-5H3,(H,14,16)/b9-7+. The summed E-state index contributed by atoms with van der Waals surface area (Å²) >= 11 is 0. The number of carbonyl (C=O) groups is 2. The van der Waals surface area contributed by atoms with Crippen molar-refractivity contribution in [2.45, 2.75) is 39.3 Å². The number of likely N-dealkylation sites (N-methyl/N-ethyl adjacent to an activating group) is 1. The van der Waals surface area contributed by atoms with Crippen LogP contribution in [0.4, 0.5) is 0 Å². The summed E-state index contributed by atoms with van der Waals surface area (Å²) in [7, 11) is 1.72. The van der Waals surface area contributed by atoms with E-state index in [0.29, 0.717) is 6.42 Å². The van der Waals surface area contributed by atoms with E-state index in [1.807, 2.05) is 20.8 Å². The Morgan fingerprint density at radius 1 is 1.35 bits per heavy atom. The normalized spacial score (nSPS) is 12.5. The monoisotopic (exact) mass is 238 g/mol. The van der Waals surface area contributed by atoms with E-state index in [0.717, 1.165) is 0 Å². The third kappa shape index (κ3) is 6.56. The van der Waals surface area contributed by atoms with Gasteiger partial charge in [0.2, 0.25) is 11.8 Å². The molecule has 0 saturated carbocycles. The molecule has 17 heavy (non-hydrogen) atoms. The first-order valence-corrected chi connectivity index (χ1v) is 5.74. The van der Waals surface area contributed by atoms with Gasteiger partial charge in [-0.25, -0.2) is 0 Å². The molecule has 0 aromatic rings. The third-order valence-electron chi connectivity index (χ3n) is 2.36. The fourth-order valence-electron chi connectivity index (χ4n) is 1.22. The van der Waals surface area contributed by atoms with E-state index < -0.39 is 0 Å². The summed E-state index contributed by atoms with van der Waals surface area (Å²) in [4.78, 5) is 24.2. The minimum atomic E-state index is -0.113. The highest BCUT2D eigenvalue weighted by molar-refractivity contribution is 5.88. The molecule has 1 N–H and O–H groups in total. The molecule has 0 aliphatic carbocycles. The molecular weight excluding hydrogens is 216 g/mol. The van der Waals surface area contributed by atoms with E-state index in [1.165, 1.54) is 12.2 Å². The van der Waals surface area contributed by atoms with Crippen molar-refractivity contribution >= 4 is 11.8 Å². The van der Waals surface area contributed by atoms with Crippen molar-refractivity contribution in [3.63, 3.8) is 0 Å². The summed E-state index contributed by atoms with van der Waals surface area (Å²) < 4.78 is 0. The first kappa shape index (κ1) is 15.4. The van der Waals surface area contributed by atoms with Gasteiger partial charge in [0.15, 0.2) is 0 Å². The Balaban J connectivity index is 4.10. The minimum Gasteiger partial charge on any atom is -0.350 e. The first-order valence-electron chi connectivity index (χ1n) is 5.74. The molecular formula is C13H22N2O2. The molecule has 1 atom stereocenters. The molecule has 0 spiro atoms. The lowest BCUT2D eigenvalue weighted by atomic mass is 10.2. The van der Waals surface area contributed by atoms with Crippen LogP contribution in [0.25, 0.3) is 0 Å². The van der Waals surface area contributed by atoms with Crippen molar-refractivity contribution in [3.8, 4) is 0 Å². The maximum atomic E-state index is 11.3. The lowest BCUT2D eigenvalue weighted by Gasteiger charge is -2.22. The van der Waals surface area contributed by atoms with Gasteiger partial charge in [0.25, 0.3) is 0 Å². The van der Waals surface area contributed by atoms with E-state index in [-0.39, 0.29) is 23.9 Å². The van der Waals surface area contributed by atoms with Crippen LogP contribution in [-0.2, 0) is 9.59 Å². The smallest absolute Gasteiger partial charge is 0.245 e. The SMILES string of the molecule is C=CC(=O)N(C)C(C)C/C=C/C(=O)NC(C)C. The molecule has 0 rings (SSSR count). The van der Waals surface area contributed by atoms with Crippen molar-refractivity contribution in [1.82, 2.24) is 10.2 Å². The zero-order chi connectivity index (χ0) is 13.4. The average Bonchev–Trinajstić information content (AvgIpc) is 2.25. The predicted molar refractivity (Wildman–Crippen MR) is 69.5 cm³/mol. The molecule has 2 amide bonds. The van der Waals surface area contributed by atoms with E-state index in [9.17, 15) is 9.59 Å². The second-order valence-corrected chi connectivity index (χ2v) is 4.30. The highest BCUT2D eigenvalue weighted by Crippen LogP contribution is 2.02. The zero-order valence-corrected chi connectivity index (χ0v) is 11.1. The van der Waals surface area contributed by atoms with Crippen molar-refractivity contribution in [3.05, 3.63) is 24.8 Å². The van der Waals surface area contributed by atoms with Crippen molar-refractivity contribution < 1.29 is 9.59 Å². The van der Waals surface area contributed by atoms with Crippen LogP contribution >= 0.6 is 0 Å². The maximum absolute atomic E-state index is 11.3. The van der Waals surface area contributed by atoms with Crippen LogP contribution in [0.15, 0.2) is 24.8 Å². The number of hydrogen-bond donors (Lipinski definition) is 1. The molecule has 96 valence electrons. The highest BCUT2D eigenvalue weighted by Gasteiger charge is 2.11. The Kier molecular flexibility index (Phi) is 6.94. The summed E-state index contributed by atoms with van der Waals surface area (Å²) in [6.45, 7) is 9.17. The van der Waals surface area contributed by atoms with Crippen LogP contribution in [0.5, 0.6) is 0 Å². The third-order valence-corrected chi connectivity index (χ3v) is 2.36. The fraction of sp³-hybridized carbons (Fsp3) is 0.538. The lowest BCUT2D eigenvalue weighted by molar-refractivity contribution is -0.126. The number of amides is 2. The molecule has 4 heteroatoms. The van der Waals surface area contributed by atoms with Crippen LogP contribution in [-0.4, -0.2) is 35.8 Å². The summed E-state index contributed by atoms with van der Waals surface area (Å²) in [5, 5.41) is 2.76. The van der Waals surface area contributed by atoms with Gasteiger partial charge in [-0.3, -0.25) is 9.59 Å². The van der Waals surface area contributed by atoms with Gasteiger partial charge < -0.3 is 10.2 Å². The number of nitrogens with one attached hydrogen (secondary N) is 1. The number of rotatable bonds is 6. The van der Waals surface area contributed by atoms with Gasteiger partial charge in [-0.15, -0.1) is 0 Å². The Labute approximate surface area is 103 Å². The molecule has 0 aromatic carbocycles. The van der Waals surface area contributed by atoms with Gasteiger partial charge in [0.1, 0.15) is 0 Å². The Bertz CT molecular complexity index is 309. The quantitative estimate of drug-likeness (QED) is 0.713. The topological polar surface area (TPSA) is 49.4 Å². The molecule has 4 nitrogen and oxygen atoms in total. The lowest BCUT2D eigenvalue weighted by Crippen LogP contribution is -2.33. The average molecular weight is 238 g/mol. The van der Waals surface area contributed by atoms with Gasteiger partial charge in [-0.2, -0.15) is 0 Å². The molecule has 0 aromatic heterocycles. The van der Waals surface area contributed by atoms with E-state index >= 15 is 0 Å². The molecule has 0 heterocycles. The molecule has 0 saturated heterocycles. The zero-order valence-electron chi connectivity index (χ0n) is 11.1. The molecule has 0 radical (unpaired) electrons. The summed E-state index contributed by atoms with van der Waals surface area (Å²) in [6.07, 6.45) is 5.20. The van der Waals surface area contributed by atoms with Crippen LogP contribution in [0.3, 0.4) is 0 Å². The molecule has 0 bridgehead atoms. The summed E-state index contributed by atoms with van der Waals surface area (Å²) in [6, 6.07) is 0.179. The summed E-state index contributed by atoms with van der Waals surface area (Å²) in [5.41, 5.74) is 0. The molecule has 0 aliphatic rings. The minimum absolute atomic E-state index is 0.0450. The Hall–Kier alpha value is -1.58. The molecule has 0 aliphatic heterocycles. The Morgan fingerprint density at radius 3 is 2.41 bits per heavy atom. The van der Waals surface area contributed by atoms with Crippen LogP contribution in [0, 0.1) is 0 Å². The molecule has 0 fully saturated rings. The van der Waals surface area contributed by atoms with E-state index in [1.54, 1.807) is 18.0 Å². The maximum Gasteiger partial charge on any atom is 0.245 e. The largest absolute Gasteiger partial charge is 0.350 e. The Morgan fingerprint density at radius 2 is 1.94 bits per heavy atom. The number of carbonyl (C=O) groups excluding carboxylic acids is 2. The van der Waals surface area contributed by atoms with Gasteiger partial charge in [-0.1, -0.05) is 12.7 Å². The van der Waals surface area contributed by atoms with Crippen LogP contribution in [0.2, 0.25) is 0 Å². The second kappa shape index (κ2) is 7.65. The van der Waals surface area contributed by atoms with E-state index in [2.05, 4.69) is 11.9 Å². The second-order valence-electron chi connectivity index (χ2n) is 4.30. The van der Waals surface area contributed by atoms with Gasteiger partial charge in [0, 0.05) is 19.1 Å². The number of nitrogens with zero attached hydrogens (tertiary/aromatic N) is 1.